The van der Waals surface area contributed by atoms with Gasteiger partial charge in [0.05, 0.1) is 6.10 Å². The molecule has 0 aliphatic heterocycles. The molecule has 0 radical (unpaired) electrons. The molecule has 0 bridgehead atoms. The minimum absolute atomic E-state index is 0.111. The van der Waals surface area contributed by atoms with Crippen LogP contribution in [0, 0.1) is 0 Å². The first-order valence-electron chi connectivity index (χ1n) is 7.46. The molecule has 0 unspecified atom stereocenters. The average Bonchev–Trinajstić information content (AvgIpc) is 2.37. The Hall–Kier alpha value is -0.100. The Morgan fingerprint density at radius 1 is 1.32 bits per heavy atom. The minimum atomic E-state index is -1.53. The monoisotopic (exact) mass is 392 g/mol. The predicted octanol–water partition coefficient (Wildman–Crippen LogP) is 3.23. The molecule has 5 heteroatoms. The zero-order chi connectivity index (χ0) is 15.6. The van der Waals surface area contributed by atoms with Gasteiger partial charge in [-0.25, -0.2) is 0 Å². The molecule has 3 nitrogen and oxygen atoms in total. The van der Waals surface area contributed by atoms with Gasteiger partial charge in [0.2, 0.25) is 0 Å². The van der Waals surface area contributed by atoms with Gasteiger partial charge in [-0.2, -0.15) is 0 Å². The van der Waals surface area contributed by atoms with Crippen molar-refractivity contribution >= 4 is 37.5 Å². The van der Waals surface area contributed by atoms with Gasteiger partial charge in [-0.05, 0) is 72.2 Å². The van der Waals surface area contributed by atoms with Gasteiger partial charge in [0.25, 0.3) is 0 Å². The number of hydrogen-bond donors (Lipinski definition) is 3. The summed E-state index contributed by atoms with van der Waals surface area (Å²) in [5.74, 6) is 0. The van der Waals surface area contributed by atoms with Crippen molar-refractivity contribution < 1.29 is 7.85 Å². The number of nitrogens with two attached hydrogens (primary N) is 1. The van der Waals surface area contributed by atoms with E-state index in [9.17, 15) is 5.11 Å². The first-order valence-corrected chi connectivity index (χ1v) is 8.04. The molecule has 0 atom stereocenters. The summed E-state index contributed by atoms with van der Waals surface area (Å²) < 4.78 is 18.0. The van der Waals surface area contributed by atoms with Crippen molar-refractivity contribution in [2.45, 2.75) is 44.2 Å². The molecule has 1 aromatic carbocycles. The fourth-order valence-electron chi connectivity index (χ4n) is 2.30. The second-order valence-corrected chi connectivity index (χ2v) is 6.73. The van der Waals surface area contributed by atoms with E-state index in [0.29, 0.717) is 5.69 Å². The van der Waals surface area contributed by atoms with E-state index in [1.165, 1.54) is 0 Å². The molecule has 0 spiro atoms. The number of rotatable bonds is 4. The van der Waals surface area contributed by atoms with E-state index in [-0.39, 0.29) is 18.6 Å². The highest BCUT2D eigenvalue weighted by molar-refractivity contribution is 9.11. The number of aliphatic hydroxyl groups is 1. The molecular formula is C14H20Br2N2O. The maximum Gasteiger partial charge on any atom is 0.0541 e. The zero-order valence-corrected chi connectivity index (χ0v) is 13.8. The van der Waals surface area contributed by atoms with Crippen LogP contribution in [0.5, 0.6) is 0 Å². The Balaban J connectivity index is 2.03. The van der Waals surface area contributed by atoms with E-state index in [1.807, 2.05) is 12.1 Å². The number of nitrogens with one attached hydrogen (secondary N) is 1. The van der Waals surface area contributed by atoms with Gasteiger partial charge >= 0.3 is 0 Å². The van der Waals surface area contributed by atoms with Gasteiger partial charge in [-0.1, -0.05) is 15.9 Å². The van der Waals surface area contributed by atoms with Crippen LogP contribution in [0.25, 0.3) is 0 Å². The highest BCUT2D eigenvalue weighted by Crippen LogP contribution is 2.28. The summed E-state index contributed by atoms with van der Waals surface area (Å²) in [4.78, 5) is 0. The van der Waals surface area contributed by atoms with E-state index >= 15 is 0 Å². The second kappa shape index (κ2) is 7.07. The summed E-state index contributed by atoms with van der Waals surface area (Å²) >= 11 is 6.79. The van der Waals surface area contributed by atoms with Crippen LogP contribution in [0.2, 0.25) is 0 Å². The molecular weight excluding hydrogens is 372 g/mol. The van der Waals surface area contributed by atoms with E-state index in [0.717, 1.165) is 40.2 Å². The van der Waals surface area contributed by atoms with Gasteiger partial charge in [0.1, 0.15) is 0 Å². The maximum absolute atomic E-state index is 9.51. The van der Waals surface area contributed by atoms with E-state index in [1.54, 1.807) is 0 Å². The minimum Gasteiger partial charge on any atom is -0.398 e. The van der Waals surface area contributed by atoms with Crippen LogP contribution in [-0.4, -0.2) is 23.7 Å². The van der Waals surface area contributed by atoms with Crippen LogP contribution in [0.15, 0.2) is 21.1 Å². The summed E-state index contributed by atoms with van der Waals surface area (Å²) in [5, 5.41) is 12.6. The van der Waals surface area contributed by atoms with Gasteiger partial charge in [0.15, 0.2) is 0 Å². The smallest absolute Gasteiger partial charge is 0.0541 e. The number of aryl methyl sites for hydroxylation is 1. The maximum atomic E-state index is 9.51. The third-order valence-corrected chi connectivity index (χ3v) is 4.58. The molecule has 19 heavy (non-hydrogen) atoms. The van der Waals surface area contributed by atoms with Crippen LogP contribution in [-0.2, 0) is 6.42 Å². The van der Waals surface area contributed by atoms with E-state index in [2.05, 4.69) is 37.2 Å². The van der Waals surface area contributed by atoms with Crippen molar-refractivity contribution in [1.82, 2.24) is 5.32 Å². The first kappa shape index (κ1) is 12.6. The van der Waals surface area contributed by atoms with Crippen LogP contribution < -0.4 is 11.1 Å². The average molecular weight is 394 g/mol. The molecule has 106 valence electrons. The highest BCUT2D eigenvalue weighted by Gasteiger charge is 2.18. The molecule has 1 fully saturated rings. The zero-order valence-electron chi connectivity index (χ0n) is 12.6. The summed E-state index contributed by atoms with van der Waals surface area (Å²) in [6, 6.07) is 3.81. The molecule has 0 saturated heterocycles. The van der Waals surface area contributed by atoms with Crippen molar-refractivity contribution in [3.8, 4) is 0 Å². The summed E-state index contributed by atoms with van der Waals surface area (Å²) in [6.07, 6.45) is 3.05. The normalized spacial score (nSPS) is 25.8. The lowest BCUT2D eigenvalue weighted by atomic mass is 9.93. The van der Waals surface area contributed by atoms with E-state index < -0.39 is 6.50 Å². The lowest BCUT2D eigenvalue weighted by molar-refractivity contribution is 0.117. The number of nitrogen functional groups attached to an aromatic ring is 1. The third-order valence-electron chi connectivity index (χ3n) is 3.46. The van der Waals surface area contributed by atoms with Crippen molar-refractivity contribution in [1.29, 1.82) is 0 Å². The Morgan fingerprint density at radius 3 is 2.68 bits per heavy atom. The second-order valence-electron chi connectivity index (χ2n) is 4.96. The largest absolute Gasteiger partial charge is 0.398 e. The molecule has 1 saturated carbocycles. The highest BCUT2D eigenvalue weighted by atomic mass is 79.9. The van der Waals surface area contributed by atoms with Gasteiger partial charge in [-0.15, -0.1) is 0 Å². The van der Waals surface area contributed by atoms with Gasteiger partial charge in [0, 0.05) is 23.4 Å². The summed E-state index contributed by atoms with van der Waals surface area (Å²) in [6.45, 7) is -1.53. The first-order chi connectivity index (χ1) is 9.77. The van der Waals surface area contributed by atoms with Crippen molar-refractivity contribution in [2.24, 2.45) is 0 Å². The fourth-order valence-corrected chi connectivity index (χ4v) is 3.61. The number of hydrogen-bond acceptors (Lipinski definition) is 3. The van der Waals surface area contributed by atoms with Crippen molar-refractivity contribution in [3.05, 3.63) is 26.6 Å². The van der Waals surface area contributed by atoms with Crippen LogP contribution in [0.1, 0.15) is 34.0 Å². The Kier molecular flexibility index (Phi) is 4.70. The topological polar surface area (TPSA) is 58.3 Å². The number of aliphatic hydroxyl groups excluding tert-OH is 1. The Morgan fingerprint density at radius 2 is 2.00 bits per heavy atom. The molecule has 0 heterocycles. The molecule has 1 aliphatic rings. The summed E-state index contributed by atoms with van der Waals surface area (Å²) in [5.41, 5.74) is 7.36. The van der Waals surface area contributed by atoms with Crippen LogP contribution >= 0.6 is 31.9 Å². The Bertz CT molecular complexity index is 506. The fraction of sp³-hybridized carbons (Fsp3) is 0.571. The van der Waals surface area contributed by atoms with Gasteiger partial charge in [-0.3, -0.25) is 0 Å². The van der Waals surface area contributed by atoms with E-state index in [4.69, 9.17) is 8.48 Å². The lowest BCUT2D eigenvalue weighted by Gasteiger charge is -2.26. The molecule has 0 aromatic heterocycles. The van der Waals surface area contributed by atoms with Gasteiger partial charge < -0.3 is 16.2 Å². The Labute approximate surface area is 134 Å². The SMILES string of the molecule is [2H]C([2H])(Cc1cc(Br)cc(Br)c1N)N[C@H]1CC[C@H](O)CC1. The molecule has 1 aromatic rings. The molecule has 2 rings (SSSR count). The predicted molar refractivity (Wildman–Crippen MR) is 86.2 cm³/mol. The van der Waals surface area contributed by atoms with Crippen LogP contribution in [0.4, 0.5) is 5.69 Å². The lowest BCUT2D eigenvalue weighted by Crippen LogP contribution is -2.35. The quantitative estimate of drug-likeness (QED) is 0.688. The number of anilines is 1. The van der Waals surface area contributed by atoms with Crippen LogP contribution in [0.3, 0.4) is 0 Å². The molecule has 0 amide bonds. The standard InChI is InChI=1S/C14H20Br2N2O/c15-10-7-9(14(17)13(16)8-10)5-6-18-11-1-3-12(19)4-2-11/h7-8,11-12,18-19H,1-6,17H2/t11-,12-/i6D2. The van der Waals surface area contributed by atoms with Crippen molar-refractivity contribution in [2.75, 3.05) is 12.2 Å². The number of halogens is 2. The third kappa shape index (κ3) is 4.45. The summed E-state index contributed by atoms with van der Waals surface area (Å²) in [7, 11) is 0. The molecule has 1 aliphatic carbocycles. The number of benzene rings is 1. The molecule has 4 N–H and O–H groups in total. The van der Waals surface area contributed by atoms with Crippen molar-refractivity contribution in [3.63, 3.8) is 0 Å².